The van der Waals surface area contributed by atoms with Crippen molar-refractivity contribution in [3.8, 4) is 5.75 Å². The maximum absolute atomic E-state index is 6.00. The van der Waals surface area contributed by atoms with E-state index < -0.39 is 0 Å². The average Bonchev–Trinajstić information content (AvgIpc) is 2.48. The molecule has 1 N–H and O–H groups in total. The lowest BCUT2D eigenvalue weighted by Gasteiger charge is -2.22. The first kappa shape index (κ1) is 14.4. The van der Waals surface area contributed by atoms with Crippen molar-refractivity contribution in [2.24, 2.45) is 5.92 Å². The Morgan fingerprint density at radius 1 is 1.26 bits per heavy atom. The molecule has 0 aliphatic heterocycles. The van der Waals surface area contributed by atoms with Gasteiger partial charge < -0.3 is 10.1 Å². The van der Waals surface area contributed by atoms with E-state index in [0.717, 1.165) is 24.7 Å². The molecule has 0 heterocycles. The summed E-state index contributed by atoms with van der Waals surface area (Å²) in [5.74, 6) is 1.79. The van der Waals surface area contributed by atoms with E-state index in [9.17, 15) is 0 Å². The molecule has 2 rings (SSSR count). The van der Waals surface area contributed by atoms with Crippen LogP contribution in [0.25, 0.3) is 0 Å². The molecular formula is C17H27NO. The molecule has 1 fully saturated rings. The fourth-order valence-corrected chi connectivity index (χ4v) is 3.00. The van der Waals surface area contributed by atoms with Crippen molar-refractivity contribution < 1.29 is 4.74 Å². The maximum atomic E-state index is 6.00. The number of rotatable bonds is 6. The van der Waals surface area contributed by atoms with E-state index in [2.05, 4.69) is 36.5 Å². The summed E-state index contributed by atoms with van der Waals surface area (Å²) >= 11 is 0. The fourth-order valence-electron chi connectivity index (χ4n) is 3.00. The third-order valence-electron chi connectivity index (χ3n) is 4.23. The number of ether oxygens (including phenoxy) is 1. The molecule has 0 amide bonds. The van der Waals surface area contributed by atoms with Crippen LogP contribution in [0.2, 0.25) is 0 Å². The van der Waals surface area contributed by atoms with Crippen molar-refractivity contribution in [2.75, 3.05) is 13.7 Å². The molecule has 0 bridgehead atoms. The molecule has 1 aromatic rings. The van der Waals surface area contributed by atoms with E-state index in [4.69, 9.17) is 4.74 Å². The number of benzene rings is 1. The zero-order valence-electron chi connectivity index (χ0n) is 12.3. The van der Waals surface area contributed by atoms with E-state index in [-0.39, 0.29) is 0 Å². The van der Waals surface area contributed by atoms with Crippen molar-refractivity contribution in [1.29, 1.82) is 0 Å². The second-order valence-electron chi connectivity index (χ2n) is 5.64. The average molecular weight is 261 g/mol. The Labute approximate surface area is 117 Å². The van der Waals surface area contributed by atoms with Crippen LogP contribution in [0.4, 0.5) is 0 Å². The first-order valence-corrected chi connectivity index (χ1v) is 7.73. The second-order valence-corrected chi connectivity index (χ2v) is 5.64. The first-order valence-electron chi connectivity index (χ1n) is 7.73. The van der Waals surface area contributed by atoms with Crippen molar-refractivity contribution in [3.05, 3.63) is 29.8 Å². The second kappa shape index (κ2) is 7.54. The maximum Gasteiger partial charge on any atom is 0.119 e. The van der Waals surface area contributed by atoms with Crippen LogP contribution in [0.5, 0.6) is 5.75 Å². The van der Waals surface area contributed by atoms with Gasteiger partial charge in [0.05, 0.1) is 6.61 Å². The Balaban J connectivity index is 1.90. The zero-order valence-corrected chi connectivity index (χ0v) is 12.3. The van der Waals surface area contributed by atoms with Gasteiger partial charge >= 0.3 is 0 Å². The summed E-state index contributed by atoms with van der Waals surface area (Å²) in [6, 6.07) is 8.98. The highest BCUT2D eigenvalue weighted by atomic mass is 16.5. The molecule has 1 aliphatic rings. The molecule has 0 saturated heterocycles. The van der Waals surface area contributed by atoms with Gasteiger partial charge in [-0.3, -0.25) is 0 Å². The van der Waals surface area contributed by atoms with Crippen molar-refractivity contribution in [1.82, 2.24) is 5.32 Å². The molecule has 1 aromatic carbocycles. The molecule has 1 atom stereocenters. The minimum Gasteiger partial charge on any atom is -0.493 e. The molecule has 0 aromatic heterocycles. The van der Waals surface area contributed by atoms with E-state index in [1.807, 2.05) is 7.05 Å². The van der Waals surface area contributed by atoms with Gasteiger partial charge in [0.2, 0.25) is 0 Å². The van der Waals surface area contributed by atoms with Gasteiger partial charge in [0.15, 0.2) is 0 Å². The summed E-state index contributed by atoms with van der Waals surface area (Å²) < 4.78 is 6.00. The Morgan fingerprint density at radius 2 is 2.05 bits per heavy atom. The monoisotopic (exact) mass is 261 g/mol. The molecule has 19 heavy (non-hydrogen) atoms. The standard InChI is InChI=1S/C17H27NO/c1-3-17(18-2)15-10-7-11-16(12-15)19-13-14-8-5-4-6-9-14/h7,10-12,14,17-18H,3-6,8-9,13H2,1-2H3. The highest BCUT2D eigenvalue weighted by molar-refractivity contribution is 5.30. The summed E-state index contributed by atoms with van der Waals surface area (Å²) in [5.41, 5.74) is 1.33. The molecule has 0 spiro atoms. The topological polar surface area (TPSA) is 21.3 Å². The van der Waals surface area contributed by atoms with Crippen LogP contribution in [0.3, 0.4) is 0 Å². The van der Waals surface area contributed by atoms with Gasteiger partial charge in [-0.15, -0.1) is 0 Å². The normalized spacial score (nSPS) is 18.2. The molecule has 2 heteroatoms. The smallest absolute Gasteiger partial charge is 0.119 e. The number of hydrogen-bond donors (Lipinski definition) is 1. The van der Waals surface area contributed by atoms with Crippen LogP contribution >= 0.6 is 0 Å². The van der Waals surface area contributed by atoms with Gasteiger partial charge in [0.1, 0.15) is 5.75 Å². The van der Waals surface area contributed by atoms with Crippen LogP contribution in [0.1, 0.15) is 57.1 Å². The van der Waals surface area contributed by atoms with Crippen LogP contribution in [-0.2, 0) is 0 Å². The van der Waals surface area contributed by atoms with E-state index >= 15 is 0 Å². The number of nitrogens with one attached hydrogen (secondary N) is 1. The molecule has 2 nitrogen and oxygen atoms in total. The molecule has 1 aliphatic carbocycles. The Hall–Kier alpha value is -1.02. The Morgan fingerprint density at radius 3 is 2.74 bits per heavy atom. The van der Waals surface area contributed by atoms with Gasteiger partial charge in [-0.1, -0.05) is 38.3 Å². The summed E-state index contributed by atoms with van der Waals surface area (Å²) in [4.78, 5) is 0. The van der Waals surface area contributed by atoms with Crippen LogP contribution in [-0.4, -0.2) is 13.7 Å². The van der Waals surface area contributed by atoms with Gasteiger partial charge in [-0.25, -0.2) is 0 Å². The lowest BCUT2D eigenvalue weighted by atomic mass is 9.90. The molecule has 106 valence electrons. The lowest BCUT2D eigenvalue weighted by molar-refractivity contribution is 0.208. The van der Waals surface area contributed by atoms with E-state index in [0.29, 0.717) is 6.04 Å². The molecule has 1 unspecified atom stereocenters. The third kappa shape index (κ3) is 4.24. The van der Waals surface area contributed by atoms with Gasteiger partial charge in [0, 0.05) is 6.04 Å². The lowest BCUT2D eigenvalue weighted by Crippen LogP contribution is -2.16. The van der Waals surface area contributed by atoms with Crippen molar-refractivity contribution in [3.63, 3.8) is 0 Å². The van der Waals surface area contributed by atoms with Crippen molar-refractivity contribution in [2.45, 2.75) is 51.5 Å². The molecule has 1 saturated carbocycles. The summed E-state index contributed by atoms with van der Waals surface area (Å²) in [6.07, 6.45) is 7.95. The Kier molecular flexibility index (Phi) is 5.71. The summed E-state index contributed by atoms with van der Waals surface area (Å²) in [6.45, 7) is 3.09. The van der Waals surface area contributed by atoms with E-state index in [1.165, 1.54) is 37.7 Å². The molecular weight excluding hydrogens is 234 g/mol. The van der Waals surface area contributed by atoms with Crippen molar-refractivity contribution >= 4 is 0 Å². The van der Waals surface area contributed by atoms with Crippen LogP contribution in [0.15, 0.2) is 24.3 Å². The Bertz CT molecular complexity index is 367. The van der Waals surface area contributed by atoms with E-state index in [1.54, 1.807) is 0 Å². The molecule has 0 radical (unpaired) electrons. The van der Waals surface area contributed by atoms with Gasteiger partial charge in [-0.05, 0) is 49.9 Å². The predicted octanol–water partition coefficient (Wildman–Crippen LogP) is 4.32. The van der Waals surface area contributed by atoms with Crippen LogP contribution in [0, 0.1) is 5.92 Å². The highest BCUT2D eigenvalue weighted by Crippen LogP contribution is 2.26. The summed E-state index contributed by atoms with van der Waals surface area (Å²) in [5, 5.41) is 3.35. The minimum absolute atomic E-state index is 0.429. The number of hydrogen-bond acceptors (Lipinski definition) is 2. The zero-order chi connectivity index (χ0) is 13.5. The highest BCUT2D eigenvalue weighted by Gasteiger charge is 2.14. The minimum atomic E-state index is 0.429. The quantitative estimate of drug-likeness (QED) is 0.823. The predicted molar refractivity (Wildman–Crippen MR) is 80.6 cm³/mol. The third-order valence-corrected chi connectivity index (χ3v) is 4.23. The van der Waals surface area contributed by atoms with Gasteiger partial charge in [-0.2, -0.15) is 0 Å². The van der Waals surface area contributed by atoms with Gasteiger partial charge in [0.25, 0.3) is 0 Å². The van der Waals surface area contributed by atoms with Crippen LogP contribution < -0.4 is 10.1 Å². The first-order chi connectivity index (χ1) is 9.33. The largest absolute Gasteiger partial charge is 0.493 e. The summed E-state index contributed by atoms with van der Waals surface area (Å²) in [7, 11) is 2.02. The SMILES string of the molecule is CCC(NC)c1cccc(OCC2CCCCC2)c1. The fraction of sp³-hybridized carbons (Fsp3) is 0.647.